The minimum absolute atomic E-state index is 0.0241. The normalized spacial score (nSPS) is 12.9. The van der Waals surface area contributed by atoms with Crippen LogP contribution < -0.4 is 25.2 Å². The molecule has 202 valence electrons. The van der Waals surface area contributed by atoms with Crippen LogP contribution in [0.1, 0.15) is 28.8 Å². The van der Waals surface area contributed by atoms with Gasteiger partial charge in [-0.25, -0.2) is 10.4 Å². The number of nitrogens with zero attached hydrogens (tertiary/aromatic N) is 3. The first-order valence-corrected chi connectivity index (χ1v) is 14.2. The number of nitrogens with one attached hydrogen (secondary N) is 1. The lowest BCUT2D eigenvalue weighted by atomic mass is 9.97. The van der Waals surface area contributed by atoms with Gasteiger partial charge in [-0.3, -0.25) is 14.2 Å². The van der Waals surface area contributed by atoms with Gasteiger partial charge in [-0.05, 0) is 67.6 Å². The Hall–Kier alpha value is -3.83. The average molecular weight is 565 g/mol. The van der Waals surface area contributed by atoms with E-state index in [1.54, 1.807) is 67.6 Å². The van der Waals surface area contributed by atoms with Crippen LogP contribution in [-0.2, 0) is 17.6 Å². The summed E-state index contributed by atoms with van der Waals surface area (Å²) in [5.74, 6) is 1.61. The van der Waals surface area contributed by atoms with Crippen molar-refractivity contribution >= 4 is 45.4 Å². The molecule has 5 rings (SSSR count). The highest BCUT2D eigenvalue weighted by Crippen LogP contribution is 2.35. The summed E-state index contributed by atoms with van der Waals surface area (Å²) in [7, 11) is 4.73. The van der Waals surface area contributed by atoms with E-state index in [4.69, 9.17) is 19.2 Å². The Labute approximate surface area is 233 Å². The summed E-state index contributed by atoms with van der Waals surface area (Å²) in [6, 6.07) is 12.6. The zero-order chi connectivity index (χ0) is 27.4. The van der Waals surface area contributed by atoms with Crippen LogP contribution in [-0.4, -0.2) is 48.8 Å². The zero-order valence-electron chi connectivity index (χ0n) is 21.9. The largest absolute Gasteiger partial charge is 0.497 e. The number of thioether (sulfide) groups is 1. The topological polar surface area (TPSA) is 104 Å². The molecule has 1 aliphatic rings. The molecule has 0 unspecified atom stereocenters. The number of carbonyl (C=O) groups excluding carboxylic acids is 1. The number of amides is 1. The van der Waals surface area contributed by atoms with Gasteiger partial charge in [-0.15, -0.1) is 11.3 Å². The predicted octanol–water partition coefficient (Wildman–Crippen LogP) is 4.59. The van der Waals surface area contributed by atoms with Crippen molar-refractivity contribution in [3.8, 4) is 22.9 Å². The molecule has 0 saturated heterocycles. The number of rotatable bonds is 9. The summed E-state index contributed by atoms with van der Waals surface area (Å²) in [5, 5.41) is 5.21. The fraction of sp³-hybridized carbons (Fsp3) is 0.286. The molecule has 4 aromatic rings. The molecule has 2 aromatic heterocycles. The van der Waals surface area contributed by atoms with Crippen LogP contribution in [0.5, 0.6) is 17.2 Å². The summed E-state index contributed by atoms with van der Waals surface area (Å²) in [6.45, 7) is 0. The van der Waals surface area contributed by atoms with E-state index >= 15 is 0 Å². The van der Waals surface area contributed by atoms with Crippen molar-refractivity contribution in [3.63, 3.8) is 0 Å². The van der Waals surface area contributed by atoms with Crippen molar-refractivity contribution in [1.82, 2.24) is 15.0 Å². The molecule has 0 bridgehead atoms. The molecule has 0 aliphatic heterocycles. The number of ether oxygens (including phenoxy) is 3. The highest BCUT2D eigenvalue weighted by Gasteiger charge is 2.23. The number of benzene rings is 2. The summed E-state index contributed by atoms with van der Waals surface area (Å²) in [5.41, 5.74) is 4.90. The molecule has 39 heavy (non-hydrogen) atoms. The van der Waals surface area contributed by atoms with Gasteiger partial charge in [0.1, 0.15) is 22.1 Å². The van der Waals surface area contributed by atoms with E-state index in [-0.39, 0.29) is 17.2 Å². The van der Waals surface area contributed by atoms with Crippen LogP contribution in [0.25, 0.3) is 15.9 Å². The smallest absolute Gasteiger partial charge is 0.267 e. The molecule has 9 nitrogen and oxygen atoms in total. The second-order valence-corrected chi connectivity index (χ2v) is 10.8. The van der Waals surface area contributed by atoms with Crippen molar-refractivity contribution in [2.75, 3.05) is 27.1 Å². The van der Waals surface area contributed by atoms with Gasteiger partial charge in [-0.1, -0.05) is 11.8 Å². The highest BCUT2D eigenvalue weighted by molar-refractivity contribution is 7.99. The Balaban J connectivity index is 1.40. The van der Waals surface area contributed by atoms with Gasteiger partial charge in [-0.2, -0.15) is 5.10 Å². The summed E-state index contributed by atoms with van der Waals surface area (Å²) in [4.78, 5) is 33.4. The second-order valence-electron chi connectivity index (χ2n) is 8.81. The molecule has 0 atom stereocenters. The summed E-state index contributed by atoms with van der Waals surface area (Å²) < 4.78 is 17.4. The van der Waals surface area contributed by atoms with Crippen molar-refractivity contribution in [2.45, 2.75) is 30.8 Å². The SMILES string of the molecule is COc1ccc(-n2c(SCC(=O)NN=Cc3ccc(OC)cc3OC)nc3sc4c(c3c2=O)CCCC4)cc1. The molecule has 0 spiro atoms. The van der Waals surface area contributed by atoms with Crippen molar-refractivity contribution in [3.05, 3.63) is 68.8 Å². The maximum atomic E-state index is 13.9. The fourth-order valence-electron chi connectivity index (χ4n) is 4.50. The van der Waals surface area contributed by atoms with Crippen molar-refractivity contribution < 1.29 is 19.0 Å². The van der Waals surface area contributed by atoms with Gasteiger partial charge < -0.3 is 14.2 Å². The number of aryl methyl sites for hydroxylation is 2. The van der Waals surface area contributed by atoms with Crippen LogP contribution in [0.2, 0.25) is 0 Å². The third-order valence-corrected chi connectivity index (χ3v) is 8.58. The number of thiophene rings is 1. The summed E-state index contributed by atoms with van der Waals surface area (Å²) in [6.07, 6.45) is 5.56. The van der Waals surface area contributed by atoms with Crippen LogP contribution in [0.4, 0.5) is 0 Å². The predicted molar refractivity (Wildman–Crippen MR) is 154 cm³/mol. The molecule has 1 N–H and O–H groups in total. The average Bonchev–Trinajstić information content (AvgIpc) is 3.35. The van der Waals surface area contributed by atoms with Gasteiger partial charge in [0.15, 0.2) is 5.16 Å². The molecule has 1 aliphatic carbocycles. The standard InChI is InChI=1S/C28H28N4O5S2/c1-35-19-12-9-18(10-13-19)32-27(34)25-21-6-4-5-7-23(21)39-26(25)30-28(32)38-16-24(33)31-29-15-17-8-11-20(36-2)14-22(17)37-3/h8-15H,4-7,16H2,1-3H3,(H,31,33). The molecule has 11 heteroatoms. The number of aromatic nitrogens is 2. The van der Waals surface area contributed by atoms with Gasteiger partial charge in [0.2, 0.25) is 0 Å². The van der Waals surface area contributed by atoms with Crippen LogP contribution >= 0.6 is 23.1 Å². The second kappa shape index (κ2) is 11.9. The Kier molecular flexibility index (Phi) is 8.18. The zero-order valence-corrected chi connectivity index (χ0v) is 23.5. The number of methoxy groups -OCH3 is 3. The lowest BCUT2D eigenvalue weighted by Crippen LogP contribution is -2.24. The van der Waals surface area contributed by atoms with Crippen LogP contribution in [0.3, 0.4) is 0 Å². The lowest BCUT2D eigenvalue weighted by molar-refractivity contribution is -0.118. The molecule has 1 amide bonds. The number of fused-ring (bicyclic) bond motifs is 3. The van der Waals surface area contributed by atoms with E-state index in [9.17, 15) is 9.59 Å². The van der Waals surface area contributed by atoms with Crippen LogP contribution in [0.15, 0.2) is 57.5 Å². The molecule has 0 radical (unpaired) electrons. The van der Waals surface area contributed by atoms with E-state index in [0.717, 1.165) is 36.1 Å². The number of carbonyl (C=O) groups is 1. The first-order chi connectivity index (χ1) is 19.0. The number of hydrazone groups is 1. The maximum absolute atomic E-state index is 13.9. The van der Waals surface area contributed by atoms with E-state index in [2.05, 4.69) is 10.5 Å². The van der Waals surface area contributed by atoms with Gasteiger partial charge in [0, 0.05) is 16.5 Å². The van der Waals surface area contributed by atoms with E-state index in [0.29, 0.717) is 39.0 Å². The van der Waals surface area contributed by atoms with Gasteiger partial charge in [0.05, 0.1) is 44.4 Å². The Bertz CT molecular complexity index is 1590. The number of hydrogen-bond acceptors (Lipinski definition) is 9. The molecule has 2 heterocycles. The first kappa shape index (κ1) is 26.8. The number of hydrogen-bond donors (Lipinski definition) is 1. The Morgan fingerprint density at radius 1 is 1.08 bits per heavy atom. The van der Waals surface area contributed by atoms with E-state index in [1.807, 2.05) is 12.1 Å². The third kappa shape index (κ3) is 5.64. The minimum atomic E-state index is -0.329. The van der Waals surface area contributed by atoms with Crippen molar-refractivity contribution in [2.24, 2.45) is 5.10 Å². The first-order valence-electron chi connectivity index (χ1n) is 12.4. The third-order valence-electron chi connectivity index (χ3n) is 6.45. The van der Waals surface area contributed by atoms with Crippen LogP contribution in [0, 0.1) is 0 Å². The van der Waals surface area contributed by atoms with Gasteiger partial charge >= 0.3 is 0 Å². The molecular weight excluding hydrogens is 536 g/mol. The van der Waals surface area contributed by atoms with Gasteiger partial charge in [0.25, 0.3) is 11.5 Å². The summed E-state index contributed by atoms with van der Waals surface area (Å²) >= 11 is 2.78. The molecular formula is C28H28N4O5S2. The maximum Gasteiger partial charge on any atom is 0.267 e. The monoisotopic (exact) mass is 564 g/mol. The van der Waals surface area contributed by atoms with Crippen molar-refractivity contribution in [1.29, 1.82) is 0 Å². The van der Waals surface area contributed by atoms with E-state index < -0.39 is 0 Å². The fourth-order valence-corrected chi connectivity index (χ4v) is 6.61. The molecule has 0 fully saturated rings. The quantitative estimate of drug-likeness (QED) is 0.137. The Morgan fingerprint density at radius 3 is 2.56 bits per heavy atom. The lowest BCUT2D eigenvalue weighted by Gasteiger charge is -2.14. The molecule has 2 aromatic carbocycles. The van der Waals surface area contributed by atoms with E-state index in [1.165, 1.54) is 22.9 Å². The molecule has 0 saturated carbocycles. The highest BCUT2D eigenvalue weighted by atomic mass is 32.2. The Morgan fingerprint density at radius 2 is 1.82 bits per heavy atom. The minimum Gasteiger partial charge on any atom is -0.497 e.